The number of thioether (sulfide) groups is 1. The summed E-state index contributed by atoms with van der Waals surface area (Å²) in [4.78, 5) is 1.13. The fourth-order valence-corrected chi connectivity index (χ4v) is 3.51. The molecule has 0 saturated carbocycles. The quantitative estimate of drug-likeness (QED) is 0.572. The molecule has 1 aromatic carbocycles. The van der Waals surface area contributed by atoms with Gasteiger partial charge in [-0.1, -0.05) is 13.8 Å². The molecule has 0 bridgehead atoms. The largest absolute Gasteiger partial charge is 0.207 e. The van der Waals surface area contributed by atoms with Crippen molar-refractivity contribution in [2.45, 2.75) is 31.6 Å². The molecule has 0 spiro atoms. The predicted molar refractivity (Wildman–Crippen MR) is 74.0 cm³/mol. The van der Waals surface area contributed by atoms with Crippen LogP contribution in [0.4, 0.5) is 4.39 Å². The Morgan fingerprint density at radius 1 is 1.19 bits per heavy atom. The summed E-state index contributed by atoms with van der Waals surface area (Å²) in [5.41, 5.74) is 0.308. The zero-order valence-corrected chi connectivity index (χ0v) is 11.6. The lowest BCUT2D eigenvalue weighted by Gasteiger charge is -2.29. The molecule has 0 nitrogen and oxygen atoms in total. The van der Waals surface area contributed by atoms with Crippen LogP contribution in [0.15, 0.2) is 29.2 Å². The summed E-state index contributed by atoms with van der Waals surface area (Å²) in [6.45, 7) is 4.43. The lowest BCUT2D eigenvalue weighted by atomic mass is 9.87. The maximum absolute atomic E-state index is 12.7. The van der Waals surface area contributed by atoms with E-state index in [0.29, 0.717) is 5.41 Å². The van der Waals surface area contributed by atoms with Gasteiger partial charge in [0.15, 0.2) is 0 Å². The summed E-state index contributed by atoms with van der Waals surface area (Å²) < 4.78 is 12.7. The minimum absolute atomic E-state index is 0.171. The number of halogens is 1. The molecule has 1 aromatic rings. The molecule has 3 heteroatoms. The standard InChI is InChI=1S/C13H19FS2/c1-3-13(4-2,9-15)10-16-12-7-5-11(14)6-8-12/h5-8,15H,3-4,9-10H2,1-2H3. The van der Waals surface area contributed by atoms with Crippen LogP contribution in [0.3, 0.4) is 0 Å². The van der Waals surface area contributed by atoms with Gasteiger partial charge in [0, 0.05) is 10.6 Å². The second-order valence-electron chi connectivity index (χ2n) is 4.11. The van der Waals surface area contributed by atoms with E-state index in [1.807, 2.05) is 12.1 Å². The van der Waals surface area contributed by atoms with Gasteiger partial charge in [0.2, 0.25) is 0 Å². The molecule has 0 aliphatic heterocycles. The molecule has 16 heavy (non-hydrogen) atoms. The maximum atomic E-state index is 12.7. The zero-order valence-electron chi connectivity index (χ0n) is 9.87. The van der Waals surface area contributed by atoms with Gasteiger partial charge in [-0.25, -0.2) is 4.39 Å². The molecule has 0 saturated heterocycles. The molecule has 1 rings (SSSR count). The molecule has 0 amide bonds. The lowest BCUT2D eigenvalue weighted by molar-refractivity contribution is 0.357. The van der Waals surface area contributed by atoms with Crippen molar-refractivity contribution in [2.24, 2.45) is 5.41 Å². The molecule has 90 valence electrons. The molecule has 0 N–H and O–H groups in total. The second-order valence-corrected chi connectivity index (χ2v) is 5.47. The second kappa shape index (κ2) is 6.55. The fraction of sp³-hybridized carbons (Fsp3) is 0.538. The average molecular weight is 258 g/mol. The lowest BCUT2D eigenvalue weighted by Crippen LogP contribution is -2.24. The summed E-state index contributed by atoms with van der Waals surface area (Å²) in [6, 6.07) is 6.72. The molecule has 0 aliphatic carbocycles. The van der Waals surface area contributed by atoms with Gasteiger partial charge >= 0.3 is 0 Å². The third kappa shape index (κ3) is 3.70. The van der Waals surface area contributed by atoms with Crippen molar-refractivity contribution in [1.29, 1.82) is 0 Å². The summed E-state index contributed by atoms with van der Waals surface area (Å²) in [7, 11) is 0. The van der Waals surface area contributed by atoms with Crippen molar-refractivity contribution in [3.63, 3.8) is 0 Å². The zero-order chi connectivity index (χ0) is 12.0. The van der Waals surface area contributed by atoms with Gasteiger partial charge < -0.3 is 0 Å². The van der Waals surface area contributed by atoms with E-state index in [9.17, 15) is 4.39 Å². The third-order valence-electron chi connectivity index (χ3n) is 3.19. The summed E-state index contributed by atoms with van der Waals surface area (Å²) in [5, 5.41) is 0. The van der Waals surface area contributed by atoms with Crippen LogP contribution < -0.4 is 0 Å². The Morgan fingerprint density at radius 3 is 2.19 bits per heavy atom. The maximum Gasteiger partial charge on any atom is 0.123 e. The number of hydrogen-bond donors (Lipinski definition) is 1. The van der Waals surface area contributed by atoms with Gasteiger partial charge in [-0.05, 0) is 48.3 Å². The van der Waals surface area contributed by atoms with Gasteiger partial charge in [0.1, 0.15) is 5.82 Å². The number of benzene rings is 1. The molecule has 0 aromatic heterocycles. The smallest absolute Gasteiger partial charge is 0.123 e. The van der Waals surface area contributed by atoms with E-state index in [4.69, 9.17) is 0 Å². The number of thiol groups is 1. The van der Waals surface area contributed by atoms with Gasteiger partial charge in [-0.2, -0.15) is 12.6 Å². The van der Waals surface area contributed by atoms with Crippen LogP contribution in [-0.4, -0.2) is 11.5 Å². The Hall–Kier alpha value is -0.150. The average Bonchev–Trinajstić information content (AvgIpc) is 2.34. The van der Waals surface area contributed by atoms with Crippen molar-refractivity contribution < 1.29 is 4.39 Å². The van der Waals surface area contributed by atoms with E-state index in [1.54, 1.807) is 11.8 Å². The highest BCUT2D eigenvalue weighted by Crippen LogP contribution is 2.34. The first-order valence-electron chi connectivity index (χ1n) is 5.65. The first-order valence-corrected chi connectivity index (χ1v) is 7.27. The predicted octanol–water partition coefficient (Wildman–Crippen LogP) is 4.65. The van der Waals surface area contributed by atoms with Crippen LogP contribution in [0.5, 0.6) is 0 Å². The Labute approximate surface area is 107 Å². The molecular formula is C13H19FS2. The topological polar surface area (TPSA) is 0 Å². The molecule has 0 heterocycles. The molecule has 0 fully saturated rings. The van der Waals surface area contributed by atoms with Crippen molar-refractivity contribution in [3.8, 4) is 0 Å². The van der Waals surface area contributed by atoms with E-state index in [2.05, 4.69) is 26.5 Å². The van der Waals surface area contributed by atoms with Gasteiger partial charge in [0.05, 0.1) is 0 Å². The minimum Gasteiger partial charge on any atom is -0.207 e. The van der Waals surface area contributed by atoms with Crippen LogP contribution >= 0.6 is 24.4 Å². The summed E-state index contributed by atoms with van der Waals surface area (Å²) in [6.07, 6.45) is 2.28. The van der Waals surface area contributed by atoms with Crippen molar-refractivity contribution >= 4 is 24.4 Å². The summed E-state index contributed by atoms with van der Waals surface area (Å²) in [5.74, 6) is 1.79. The van der Waals surface area contributed by atoms with Gasteiger partial charge in [-0.3, -0.25) is 0 Å². The third-order valence-corrected chi connectivity index (χ3v) is 5.23. The van der Waals surface area contributed by atoms with E-state index < -0.39 is 0 Å². The Morgan fingerprint density at radius 2 is 1.75 bits per heavy atom. The number of rotatable bonds is 6. The van der Waals surface area contributed by atoms with Crippen molar-refractivity contribution in [1.82, 2.24) is 0 Å². The van der Waals surface area contributed by atoms with Crippen LogP contribution in [-0.2, 0) is 0 Å². The normalized spacial score (nSPS) is 11.8. The highest BCUT2D eigenvalue weighted by Gasteiger charge is 2.24. The van der Waals surface area contributed by atoms with Gasteiger partial charge in [-0.15, -0.1) is 11.8 Å². The highest BCUT2D eigenvalue weighted by atomic mass is 32.2. The first-order chi connectivity index (χ1) is 7.65. The van der Waals surface area contributed by atoms with E-state index in [0.717, 1.165) is 29.2 Å². The van der Waals surface area contributed by atoms with Crippen molar-refractivity contribution in [3.05, 3.63) is 30.1 Å². The highest BCUT2D eigenvalue weighted by molar-refractivity contribution is 7.99. The Balaban J connectivity index is 2.58. The van der Waals surface area contributed by atoms with E-state index in [1.165, 1.54) is 12.1 Å². The van der Waals surface area contributed by atoms with Gasteiger partial charge in [0.25, 0.3) is 0 Å². The summed E-state index contributed by atoms with van der Waals surface area (Å²) >= 11 is 6.25. The minimum atomic E-state index is -0.171. The molecule has 0 aliphatic rings. The van der Waals surface area contributed by atoms with Crippen LogP contribution in [0.2, 0.25) is 0 Å². The molecular weight excluding hydrogens is 239 g/mol. The van der Waals surface area contributed by atoms with E-state index >= 15 is 0 Å². The van der Waals surface area contributed by atoms with Crippen molar-refractivity contribution in [2.75, 3.05) is 11.5 Å². The molecule has 0 unspecified atom stereocenters. The molecule has 0 radical (unpaired) electrons. The van der Waals surface area contributed by atoms with E-state index in [-0.39, 0.29) is 5.82 Å². The van der Waals surface area contributed by atoms with Crippen LogP contribution in [0.1, 0.15) is 26.7 Å². The van der Waals surface area contributed by atoms with Crippen LogP contribution in [0.25, 0.3) is 0 Å². The van der Waals surface area contributed by atoms with Crippen LogP contribution in [0, 0.1) is 11.2 Å². The SMILES string of the molecule is CCC(CC)(CS)CSc1ccc(F)cc1. The Bertz CT molecular complexity index is 296. The monoisotopic (exact) mass is 258 g/mol. The fourth-order valence-electron chi connectivity index (χ4n) is 1.49. The Kier molecular flexibility index (Phi) is 5.70. The molecule has 0 atom stereocenters. The number of hydrogen-bond acceptors (Lipinski definition) is 2. The first kappa shape index (κ1) is 13.9.